The van der Waals surface area contributed by atoms with Crippen molar-refractivity contribution in [2.24, 2.45) is 0 Å². The van der Waals surface area contributed by atoms with Crippen molar-refractivity contribution in [3.8, 4) is 0 Å². The number of carbonyl (C=O) groups excluding carboxylic acids is 1. The fourth-order valence-electron chi connectivity index (χ4n) is 4.07. The van der Waals surface area contributed by atoms with Gasteiger partial charge >= 0.3 is 12.2 Å². The average molecular weight is 458 g/mol. The molecule has 0 saturated carbocycles. The summed E-state index contributed by atoms with van der Waals surface area (Å²) in [6.07, 6.45) is -3.92. The van der Waals surface area contributed by atoms with Gasteiger partial charge in [0.25, 0.3) is 0 Å². The topological polar surface area (TPSA) is 96.6 Å². The van der Waals surface area contributed by atoms with E-state index in [0.29, 0.717) is 23.7 Å². The zero-order valence-corrected chi connectivity index (χ0v) is 17.5. The number of hydrogen-bond acceptors (Lipinski definition) is 6. The number of nitrogens with zero attached hydrogens (tertiary/aromatic N) is 4. The van der Waals surface area contributed by atoms with Gasteiger partial charge in [-0.1, -0.05) is 17.3 Å². The van der Waals surface area contributed by atoms with Crippen LogP contribution in [0.3, 0.4) is 0 Å². The molecule has 0 aliphatic carbocycles. The van der Waals surface area contributed by atoms with Crippen LogP contribution in [0.15, 0.2) is 28.8 Å². The number of halogens is 3. The van der Waals surface area contributed by atoms with Gasteiger partial charge in [-0.05, 0) is 31.0 Å². The Morgan fingerprint density at radius 1 is 1.13 bits per heavy atom. The Morgan fingerprint density at radius 2 is 1.81 bits per heavy atom. The predicted octanol–water partition coefficient (Wildman–Crippen LogP) is 2.78. The van der Waals surface area contributed by atoms with Crippen molar-refractivity contribution in [1.82, 2.24) is 19.9 Å². The van der Waals surface area contributed by atoms with Gasteiger partial charge in [-0.25, -0.2) is 13.2 Å². The van der Waals surface area contributed by atoms with E-state index in [1.807, 2.05) is 0 Å². The molecule has 2 aromatic rings. The molecule has 1 aromatic carbocycles. The lowest BCUT2D eigenvalue weighted by atomic mass is 9.84. The maximum atomic E-state index is 13.0. The van der Waals surface area contributed by atoms with Gasteiger partial charge in [-0.3, -0.25) is 0 Å². The van der Waals surface area contributed by atoms with E-state index in [1.54, 1.807) is 6.92 Å². The van der Waals surface area contributed by atoms with Crippen molar-refractivity contribution < 1.29 is 30.9 Å². The zero-order chi connectivity index (χ0) is 22.4. The predicted molar refractivity (Wildman–Crippen MR) is 103 cm³/mol. The summed E-state index contributed by atoms with van der Waals surface area (Å²) < 4.78 is 67.6. The number of likely N-dealkylation sites (tertiary alicyclic amines) is 1. The highest BCUT2D eigenvalue weighted by Crippen LogP contribution is 2.37. The molecular formula is C19H21F3N4O4S. The molecule has 0 N–H and O–H groups in total. The van der Waals surface area contributed by atoms with E-state index >= 15 is 0 Å². The van der Waals surface area contributed by atoms with Crippen molar-refractivity contribution >= 4 is 15.9 Å². The number of piperidine rings is 1. The van der Waals surface area contributed by atoms with Gasteiger partial charge in [-0.2, -0.15) is 18.2 Å². The number of alkyl halides is 3. The van der Waals surface area contributed by atoms with Crippen molar-refractivity contribution in [2.75, 3.05) is 31.3 Å². The fourth-order valence-corrected chi connectivity index (χ4v) is 5.41. The smallest absolute Gasteiger partial charge is 0.339 e. The van der Waals surface area contributed by atoms with Crippen molar-refractivity contribution in [1.29, 1.82) is 0 Å². The molecule has 12 heteroatoms. The first-order valence-corrected chi connectivity index (χ1v) is 11.6. The summed E-state index contributed by atoms with van der Waals surface area (Å²) in [6.45, 7) is 2.30. The Hall–Kier alpha value is -2.63. The van der Waals surface area contributed by atoms with Crippen LogP contribution in [0.5, 0.6) is 0 Å². The van der Waals surface area contributed by atoms with Crippen LogP contribution in [0.4, 0.5) is 18.0 Å². The highest BCUT2D eigenvalue weighted by Gasteiger charge is 2.39. The van der Waals surface area contributed by atoms with Crippen molar-refractivity contribution in [2.45, 2.75) is 31.4 Å². The lowest BCUT2D eigenvalue weighted by Crippen LogP contribution is -2.48. The molecule has 2 aliphatic heterocycles. The maximum absolute atomic E-state index is 13.0. The number of benzene rings is 1. The van der Waals surface area contributed by atoms with Gasteiger partial charge in [-0.15, -0.1) is 0 Å². The van der Waals surface area contributed by atoms with Gasteiger partial charge in [0.15, 0.2) is 15.7 Å². The molecule has 3 heterocycles. The molecule has 0 radical (unpaired) electrons. The van der Waals surface area contributed by atoms with Crippen LogP contribution in [0.25, 0.3) is 0 Å². The summed E-state index contributed by atoms with van der Waals surface area (Å²) in [7, 11) is -3.29. The summed E-state index contributed by atoms with van der Waals surface area (Å²) in [5.41, 5.74) is -0.0906. The summed E-state index contributed by atoms with van der Waals surface area (Å²) >= 11 is 0. The molecule has 0 spiro atoms. The third-order valence-corrected chi connectivity index (χ3v) is 7.13. The molecular weight excluding hydrogens is 437 g/mol. The first-order valence-electron chi connectivity index (χ1n) is 9.73. The molecule has 1 aromatic heterocycles. The standard InChI is InChI=1S/C19H21F3N4O4S/c1-12-23-17(30-24-12)15-8-14(13-2-4-16(5-3-13)19(20,21)22)9-26(10-15)18(27)25-6-7-31(28,29)11-25/h2-5,14-15H,6-11H2,1H3/t14-,15+/m1/s1. The van der Waals surface area contributed by atoms with Crippen LogP contribution < -0.4 is 0 Å². The van der Waals surface area contributed by atoms with Crippen LogP contribution in [0.1, 0.15) is 41.1 Å². The number of rotatable bonds is 2. The summed E-state index contributed by atoms with van der Waals surface area (Å²) in [6, 6.07) is 4.46. The van der Waals surface area contributed by atoms with Crippen LogP contribution in [0, 0.1) is 6.92 Å². The normalized spacial score (nSPS) is 23.9. The van der Waals surface area contributed by atoms with E-state index in [2.05, 4.69) is 10.1 Å². The maximum Gasteiger partial charge on any atom is 0.416 e. The van der Waals surface area contributed by atoms with Gasteiger partial charge < -0.3 is 14.3 Å². The molecule has 2 atom stereocenters. The SMILES string of the molecule is Cc1noc([C@H]2C[C@@H](c3ccc(C(F)(F)F)cc3)CN(C(=O)N3CCS(=O)(=O)C3)C2)n1. The number of amides is 2. The lowest BCUT2D eigenvalue weighted by molar-refractivity contribution is -0.137. The molecule has 0 unspecified atom stereocenters. The van der Waals surface area contributed by atoms with Gasteiger partial charge in [0.2, 0.25) is 5.89 Å². The second-order valence-electron chi connectivity index (χ2n) is 7.96. The second kappa shape index (κ2) is 7.81. The Balaban J connectivity index is 1.60. The monoisotopic (exact) mass is 458 g/mol. The number of aromatic nitrogens is 2. The van der Waals surface area contributed by atoms with E-state index in [9.17, 15) is 26.4 Å². The lowest BCUT2D eigenvalue weighted by Gasteiger charge is -2.38. The highest BCUT2D eigenvalue weighted by molar-refractivity contribution is 7.91. The molecule has 2 aliphatic rings. The minimum absolute atomic E-state index is 0.0821. The van der Waals surface area contributed by atoms with E-state index < -0.39 is 27.6 Å². The highest BCUT2D eigenvalue weighted by atomic mass is 32.2. The molecule has 2 amide bonds. The van der Waals surface area contributed by atoms with Gasteiger partial charge in [0, 0.05) is 25.6 Å². The summed E-state index contributed by atoms with van der Waals surface area (Å²) in [5.74, 6) is -0.211. The molecule has 2 saturated heterocycles. The first kappa shape index (κ1) is 21.6. The molecule has 31 heavy (non-hydrogen) atoms. The minimum Gasteiger partial charge on any atom is -0.339 e. The van der Waals surface area contributed by atoms with E-state index in [-0.39, 0.29) is 43.1 Å². The first-order chi connectivity index (χ1) is 14.5. The van der Waals surface area contributed by atoms with Crippen LogP contribution >= 0.6 is 0 Å². The minimum atomic E-state index is -4.43. The molecule has 0 bridgehead atoms. The molecule has 8 nitrogen and oxygen atoms in total. The number of aryl methyl sites for hydroxylation is 1. The number of sulfone groups is 1. The Kier molecular flexibility index (Phi) is 5.44. The van der Waals surface area contributed by atoms with E-state index in [4.69, 9.17) is 4.52 Å². The van der Waals surface area contributed by atoms with Crippen LogP contribution in [0.2, 0.25) is 0 Å². The number of urea groups is 1. The Morgan fingerprint density at radius 3 is 2.35 bits per heavy atom. The third-order valence-electron chi connectivity index (χ3n) is 5.62. The van der Waals surface area contributed by atoms with Gasteiger partial charge in [0.05, 0.1) is 17.2 Å². The van der Waals surface area contributed by atoms with Crippen LogP contribution in [-0.2, 0) is 16.0 Å². The van der Waals surface area contributed by atoms with Crippen molar-refractivity contribution in [3.05, 3.63) is 47.1 Å². The Bertz CT molecular complexity index is 1070. The zero-order valence-electron chi connectivity index (χ0n) is 16.7. The second-order valence-corrected chi connectivity index (χ2v) is 10.1. The molecule has 4 rings (SSSR count). The fraction of sp³-hybridized carbons (Fsp3) is 0.526. The molecule has 168 valence electrons. The average Bonchev–Trinajstić information content (AvgIpc) is 3.31. The van der Waals surface area contributed by atoms with E-state index in [0.717, 1.165) is 12.1 Å². The van der Waals surface area contributed by atoms with Crippen LogP contribution in [-0.4, -0.2) is 65.7 Å². The number of hydrogen-bond donors (Lipinski definition) is 0. The quantitative estimate of drug-likeness (QED) is 0.687. The van der Waals surface area contributed by atoms with Crippen molar-refractivity contribution in [3.63, 3.8) is 0 Å². The van der Waals surface area contributed by atoms with Gasteiger partial charge in [0.1, 0.15) is 5.88 Å². The molecule has 2 fully saturated rings. The third kappa shape index (κ3) is 4.68. The Labute approximate surface area is 176 Å². The summed E-state index contributed by atoms with van der Waals surface area (Å²) in [4.78, 5) is 20.1. The largest absolute Gasteiger partial charge is 0.416 e. The van der Waals surface area contributed by atoms with E-state index in [1.165, 1.54) is 21.9 Å². The number of carbonyl (C=O) groups is 1. The summed E-state index contributed by atoms with van der Waals surface area (Å²) in [5, 5.41) is 3.79.